The summed E-state index contributed by atoms with van der Waals surface area (Å²) in [5.41, 5.74) is 1.33. The first-order chi connectivity index (χ1) is 15.5. The molecule has 1 aromatic carbocycles. The molecule has 2 N–H and O–H groups in total. The Kier molecular flexibility index (Phi) is 8.25. The largest absolute Gasteiger partial charge is 0.372 e. The maximum Gasteiger partial charge on any atom is 0.227 e. The quantitative estimate of drug-likeness (QED) is 0.567. The molecule has 2 aromatic rings. The highest BCUT2D eigenvalue weighted by atomic mass is 16.5. The van der Waals surface area contributed by atoms with Gasteiger partial charge in [-0.3, -0.25) is 9.59 Å². The van der Waals surface area contributed by atoms with Crippen LogP contribution in [0.1, 0.15) is 77.4 Å². The normalized spacial score (nSPS) is 15.6. The Hall–Kier alpha value is -2.90. The van der Waals surface area contributed by atoms with Crippen LogP contribution in [0.15, 0.2) is 28.8 Å². The van der Waals surface area contributed by atoms with Crippen LogP contribution in [0.3, 0.4) is 0 Å². The second kappa shape index (κ2) is 11.1. The molecule has 0 saturated heterocycles. The van der Waals surface area contributed by atoms with E-state index in [4.69, 9.17) is 4.52 Å². The number of amides is 2. The van der Waals surface area contributed by atoms with Crippen LogP contribution in [0, 0.1) is 0 Å². The zero-order valence-corrected chi connectivity index (χ0v) is 19.4. The van der Waals surface area contributed by atoms with Crippen LogP contribution in [-0.2, 0) is 21.5 Å². The van der Waals surface area contributed by atoms with Gasteiger partial charge in [0.05, 0.1) is 0 Å². The van der Waals surface area contributed by atoms with E-state index in [-0.39, 0.29) is 18.2 Å². The smallest absolute Gasteiger partial charge is 0.227 e. The molecule has 1 heterocycles. The molecule has 32 heavy (non-hydrogen) atoms. The predicted molar refractivity (Wildman–Crippen MR) is 124 cm³/mol. The summed E-state index contributed by atoms with van der Waals surface area (Å²) in [5.74, 6) is 0.744. The number of carbonyl (C=O) groups excluding carboxylic acids is 2. The molecule has 1 aromatic heterocycles. The van der Waals surface area contributed by atoms with E-state index in [0.717, 1.165) is 63.0 Å². The topological polar surface area (TPSA) is 100 Å². The summed E-state index contributed by atoms with van der Waals surface area (Å²) in [6.07, 6.45) is 6.51. The van der Waals surface area contributed by atoms with Crippen LogP contribution >= 0.6 is 0 Å². The van der Waals surface area contributed by atoms with Crippen LogP contribution < -0.4 is 15.5 Å². The Balaban J connectivity index is 1.58. The zero-order chi connectivity index (χ0) is 23.0. The van der Waals surface area contributed by atoms with Gasteiger partial charge in [-0.1, -0.05) is 30.8 Å². The summed E-state index contributed by atoms with van der Waals surface area (Å²) in [6.45, 7) is 7.65. The lowest BCUT2D eigenvalue weighted by Crippen LogP contribution is -2.45. The summed E-state index contributed by atoms with van der Waals surface area (Å²) in [4.78, 5) is 31.1. The number of nitrogens with zero attached hydrogens (tertiary/aromatic N) is 3. The molecule has 8 heteroatoms. The number of hydrogen-bond acceptors (Lipinski definition) is 6. The third-order valence-electron chi connectivity index (χ3n) is 6.11. The Bertz CT molecular complexity index is 881. The predicted octanol–water partition coefficient (Wildman–Crippen LogP) is 4.17. The number of rotatable bonds is 9. The molecule has 174 valence electrons. The summed E-state index contributed by atoms with van der Waals surface area (Å²) < 4.78 is 5.43. The SMILES string of the molecule is CCN(CC)c1ccc(NC(=O)CCc2nc(C3(NC(C)=O)CCCCCC3)no2)cc1. The molecular formula is C24H35N5O3. The van der Waals surface area contributed by atoms with Gasteiger partial charge in [0.15, 0.2) is 5.82 Å². The number of anilines is 2. The van der Waals surface area contributed by atoms with Gasteiger partial charge in [0, 0.05) is 44.2 Å². The second-order valence-electron chi connectivity index (χ2n) is 8.46. The minimum absolute atomic E-state index is 0.0929. The summed E-state index contributed by atoms with van der Waals surface area (Å²) in [7, 11) is 0. The lowest BCUT2D eigenvalue weighted by atomic mass is 9.89. The fraction of sp³-hybridized carbons (Fsp3) is 0.583. The fourth-order valence-electron chi connectivity index (χ4n) is 4.41. The average molecular weight is 442 g/mol. The lowest BCUT2D eigenvalue weighted by Gasteiger charge is -2.30. The molecule has 0 radical (unpaired) electrons. The van der Waals surface area contributed by atoms with E-state index in [1.807, 2.05) is 24.3 Å². The number of benzene rings is 1. The van der Waals surface area contributed by atoms with E-state index in [1.54, 1.807) is 0 Å². The third kappa shape index (κ3) is 6.08. The van der Waals surface area contributed by atoms with Crippen LogP contribution in [0.25, 0.3) is 0 Å². The molecule has 1 aliphatic carbocycles. The molecule has 0 unspecified atom stereocenters. The highest BCUT2D eigenvalue weighted by Gasteiger charge is 2.38. The van der Waals surface area contributed by atoms with Crippen molar-refractivity contribution in [1.82, 2.24) is 15.5 Å². The fourth-order valence-corrected chi connectivity index (χ4v) is 4.41. The van der Waals surface area contributed by atoms with Crippen molar-refractivity contribution in [3.63, 3.8) is 0 Å². The number of aromatic nitrogens is 2. The number of hydrogen-bond donors (Lipinski definition) is 2. The first-order valence-corrected chi connectivity index (χ1v) is 11.7. The van der Waals surface area contributed by atoms with Crippen LogP contribution in [0.5, 0.6) is 0 Å². The zero-order valence-electron chi connectivity index (χ0n) is 19.4. The first-order valence-electron chi connectivity index (χ1n) is 11.7. The van der Waals surface area contributed by atoms with Crippen molar-refractivity contribution in [2.45, 2.75) is 77.7 Å². The van der Waals surface area contributed by atoms with Crippen molar-refractivity contribution >= 4 is 23.2 Å². The lowest BCUT2D eigenvalue weighted by molar-refractivity contribution is -0.121. The van der Waals surface area contributed by atoms with Gasteiger partial charge in [0.1, 0.15) is 5.54 Å². The monoisotopic (exact) mass is 441 g/mol. The van der Waals surface area contributed by atoms with Crippen LogP contribution in [0.4, 0.5) is 11.4 Å². The van der Waals surface area contributed by atoms with E-state index in [9.17, 15) is 9.59 Å². The molecule has 0 bridgehead atoms. The average Bonchev–Trinajstić information content (AvgIpc) is 3.14. The van der Waals surface area contributed by atoms with E-state index in [0.29, 0.717) is 18.1 Å². The number of aryl methyl sites for hydroxylation is 1. The number of nitrogens with one attached hydrogen (secondary N) is 2. The summed E-state index contributed by atoms with van der Waals surface area (Å²) in [5, 5.41) is 10.2. The number of carbonyl (C=O) groups is 2. The van der Waals surface area contributed by atoms with Gasteiger partial charge in [-0.15, -0.1) is 0 Å². The van der Waals surface area contributed by atoms with Crippen molar-refractivity contribution < 1.29 is 14.1 Å². The highest BCUT2D eigenvalue weighted by molar-refractivity contribution is 5.90. The molecule has 3 rings (SSSR count). The van der Waals surface area contributed by atoms with Crippen molar-refractivity contribution in [2.24, 2.45) is 0 Å². The Labute approximate surface area is 190 Å². The van der Waals surface area contributed by atoms with Gasteiger partial charge in [0.25, 0.3) is 0 Å². The maximum absolute atomic E-state index is 12.4. The van der Waals surface area contributed by atoms with Crippen molar-refractivity contribution in [3.05, 3.63) is 36.0 Å². The summed E-state index contributed by atoms with van der Waals surface area (Å²) in [6, 6.07) is 7.86. The van der Waals surface area contributed by atoms with Gasteiger partial charge < -0.3 is 20.1 Å². The molecule has 8 nitrogen and oxygen atoms in total. The third-order valence-corrected chi connectivity index (χ3v) is 6.11. The molecule has 1 aliphatic rings. The Morgan fingerprint density at radius 2 is 1.72 bits per heavy atom. The molecular weight excluding hydrogens is 406 g/mol. The molecule has 0 aliphatic heterocycles. The summed E-state index contributed by atoms with van der Waals surface area (Å²) >= 11 is 0. The molecule has 1 saturated carbocycles. The first kappa shape index (κ1) is 23.8. The van der Waals surface area contributed by atoms with E-state index < -0.39 is 5.54 Å². The van der Waals surface area contributed by atoms with E-state index >= 15 is 0 Å². The molecule has 1 fully saturated rings. The van der Waals surface area contributed by atoms with Gasteiger partial charge in [0.2, 0.25) is 17.7 Å². The minimum Gasteiger partial charge on any atom is -0.372 e. The van der Waals surface area contributed by atoms with Gasteiger partial charge in [-0.05, 0) is 51.0 Å². The molecule has 0 atom stereocenters. The van der Waals surface area contributed by atoms with Gasteiger partial charge in [-0.25, -0.2) is 0 Å². The van der Waals surface area contributed by atoms with Crippen molar-refractivity contribution in [2.75, 3.05) is 23.3 Å². The van der Waals surface area contributed by atoms with Gasteiger partial charge >= 0.3 is 0 Å². The minimum atomic E-state index is -0.570. The van der Waals surface area contributed by atoms with Crippen LogP contribution in [-0.4, -0.2) is 35.0 Å². The maximum atomic E-state index is 12.4. The van der Waals surface area contributed by atoms with E-state index in [2.05, 4.69) is 39.5 Å². The molecule has 0 spiro atoms. The van der Waals surface area contributed by atoms with Crippen molar-refractivity contribution in [3.8, 4) is 0 Å². The highest BCUT2D eigenvalue weighted by Crippen LogP contribution is 2.34. The molecule has 2 amide bonds. The van der Waals surface area contributed by atoms with Gasteiger partial charge in [-0.2, -0.15) is 4.98 Å². The van der Waals surface area contributed by atoms with E-state index in [1.165, 1.54) is 6.92 Å². The standard InChI is InChI=1S/C24H35N5O3/c1-4-29(5-2)20-12-10-19(11-13-20)25-21(31)14-15-22-26-23(28-32-22)24(27-18(3)30)16-8-6-7-9-17-24/h10-13H,4-9,14-17H2,1-3H3,(H,25,31)(H,27,30). The second-order valence-corrected chi connectivity index (χ2v) is 8.46. The van der Waals surface area contributed by atoms with Crippen molar-refractivity contribution in [1.29, 1.82) is 0 Å². The van der Waals surface area contributed by atoms with Crippen LogP contribution in [0.2, 0.25) is 0 Å². The Morgan fingerprint density at radius 3 is 2.31 bits per heavy atom. The Morgan fingerprint density at radius 1 is 1.06 bits per heavy atom.